The van der Waals surface area contributed by atoms with Crippen LogP contribution < -0.4 is 15.6 Å². The number of nitrogens with zero attached hydrogens (tertiary/aromatic N) is 4. The lowest BCUT2D eigenvalue weighted by Crippen LogP contribution is -2.41. The summed E-state index contributed by atoms with van der Waals surface area (Å²) in [6, 6.07) is 3.68. The Balaban J connectivity index is 1.88. The number of thiocarbonyl (C=S) groups is 1. The topological polar surface area (TPSA) is 98.0 Å². The SMILES string of the molecule is Cc1cccn2c(=O)c(C=C3SC(=S)N(CC(=O)[O-])C3=O)c(N3CC(C)CC(C)C3)nc12. The fourth-order valence-electron chi connectivity index (χ4n) is 4.40. The molecule has 4 rings (SSSR count). The molecule has 168 valence electrons. The fraction of sp³-hybridized carbons (Fsp3) is 0.409. The van der Waals surface area contributed by atoms with E-state index in [0.29, 0.717) is 28.9 Å². The molecule has 8 nitrogen and oxygen atoms in total. The van der Waals surface area contributed by atoms with Crippen molar-refractivity contribution in [2.45, 2.75) is 27.2 Å². The number of carbonyl (C=O) groups is 2. The lowest BCUT2D eigenvalue weighted by atomic mass is 9.91. The lowest BCUT2D eigenvalue weighted by Gasteiger charge is -2.36. The molecule has 1 amide bonds. The van der Waals surface area contributed by atoms with Crippen LogP contribution >= 0.6 is 24.0 Å². The second kappa shape index (κ2) is 8.67. The molecular weight excluding hydrogens is 448 g/mol. The Kier molecular flexibility index (Phi) is 6.09. The smallest absolute Gasteiger partial charge is 0.267 e. The normalized spacial score (nSPS) is 22.9. The summed E-state index contributed by atoms with van der Waals surface area (Å²) in [5.74, 6) is -0.547. The van der Waals surface area contributed by atoms with Gasteiger partial charge in [-0.25, -0.2) is 4.98 Å². The Morgan fingerprint density at radius 2 is 2.00 bits per heavy atom. The minimum absolute atomic E-state index is 0.122. The van der Waals surface area contributed by atoms with Crippen molar-refractivity contribution in [1.82, 2.24) is 14.3 Å². The van der Waals surface area contributed by atoms with Crippen molar-refractivity contribution < 1.29 is 14.7 Å². The Morgan fingerprint density at radius 1 is 1.31 bits per heavy atom. The van der Waals surface area contributed by atoms with Crippen LogP contribution in [0, 0.1) is 18.8 Å². The van der Waals surface area contributed by atoms with Crippen LogP contribution in [0.5, 0.6) is 0 Å². The quantitative estimate of drug-likeness (QED) is 0.488. The number of carboxylic acids is 1. The number of rotatable bonds is 4. The molecular formula is C22H23N4O4S2-. The van der Waals surface area contributed by atoms with E-state index in [1.54, 1.807) is 12.3 Å². The first-order valence-electron chi connectivity index (χ1n) is 10.4. The van der Waals surface area contributed by atoms with Crippen LogP contribution in [0.1, 0.15) is 31.4 Å². The van der Waals surface area contributed by atoms with E-state index in [0.717, 1.165) is 41.7 Å². The number of carboxylic acid groups (broad SMARTS) is 1. The van der Waals surface area contributed by atoms with Gasteiger partial charge in [0.1, 0.15) is 15.8 Å². The van der Waals surface area contributed by atoms with Crippen molar-refractivity contribution >= 4 is 57.7 Å². The van der Waals surface area contributed by atoms with Gasteiger partial charge in [-0.2, -0.15) is 0 Å². The van der Waals surface area contributed by atoms with Crippen LogP contribution in [0.3, 0.4) is 0 Å². The zero-order valence-electron chi connectivity index (χ0n) is 18.0. The molecule has 0 aliphatic carbocycles. The maximum Gasteiger partial charge on any atom is 0.267 e. The summed E-state index contributed by atoms with van der Waals surface area (Å²) in [6.45, 7) is 7.14. The third-order valence-corrected chi connectivity index (χ3v) is 7.05. The molecule has 0 saturated carbocycles. The van der Waals surface area contributed by atoms with E-state index in [4.69, 9.17) is 17.2 Å². The van der Waals surface area contributed by atoms with E-state index in [2.05, 4.69) is 18.7 Å². The zero-order valence-corrected chi connectivity index (χ0v) is 19.7. The first-order valence-corrected chi connectivity index (χ1v) is 11.6. The van der Waals surface area contributed by atoms with E-state index in [-0.39, 0.29) is 14.8 Å². The first-order chi connectivity index (χ1) is 15.2. The van der Waals surface area contributed by atoms with Crippen molar-refractivity contribution in [2.75, 3.05) is 24.5 Å². The van der Waals surface area contributed by atoms with Gasteiger partial charge in [-0.05, 0) is 42.9 Å². The number of aromatic nitrogens is 2. The van der Waals surface area contributed by atoms with Crippen LogP contribution in [0.15, 0.2) is 28.0 Å². The van der Waals surface area contributed by atoms with E-state index in [9.17, 15) is 19.5 Å². The Hall–Kier alpha value is -2.72. The molecule has 2 aromatic rings. The largest absolute Gasteiger partial charge is 0.548 e. The van der Waals surface area contributed by atoms with E-state index < -0.39 is 18.4 Å². The number of aryl methyl sites for hydroxylation is 1. The predicted molar refractivity (Wildman–Crippen MR) is 126 cm³/mol. The molecule has 2 atom stereocenters. The number of fused-ring (bicyclic) bond motifs is 1. The summed E-state index contributed by atoms with van der Waals surface area (Å²) in [4.78, 5) is 45.5. The summed E-state index contributed by atoms with van der Waals surface area (Å²) in [5, 5.41) is 11.0. The lowest BCUT2D eigenvalue weighted by molar-refractivity contribution is -0.305. The number of piperidine rings is 1. The van der Waals surface area contributed by atoms with Gasteiger partial charge in [0.25, 0.3) is 11.5 Å². The van der Waals surface area contributed by atoms with Gasteiger partial charge in [0.2, 0.25) is 0 Å². The van der Waals surface area contributed by atoms with Crippen molar-refractivity contribution in [1.29, 1.82) is 0 Å². The van der Waals surface area contributed by atoms with Crippen LogP contribution in [0.2, 0.25) is 0 Å². The molecule has 0 bridgehead atoms. The molecule has 0 radical (unpaired) electrons. The second-order valence-electron chi connectivity index (χ2n) is 8.53. The highest BCUT2D eigenvalue weighted by Crippen LogP contribution is 2.34. The number of anilines is 1. The summed E-state index contributed by atoms with van der Waals surface area (Å²) in [7, 11) is 0. The Labute approximate surface area is 194 Å². The van der Waals surface area contributed by atoms with Gasteiger partial charge in [-0.15, -0.1) is 0 Å². The molecule has 2 fully saturated rings. The molecule has 2 unspecified atom stereocenters. The van der Waals surface area contributed by atoms with E-state index in [1.165, 1.54) is 10.5 Å². The minimum Gasteiger partial charge on any atom is -0.548 e. The predicted octanol–water partition coefficient (Wildman–Crippen LogP) is 1.44. The first kappa shape index (κ1) is 22.5. The minimum atomic E-state index is -1.40. The average Bonchev–Trinajstić information content (AvgIpc) is 2.96. The molecule has 10 heteroatoms. The van der Waals surface area contributed by atoms with E-state index >= 15 is 0 Å². The number of aliphatic carboxylic acids is 1. The van der Waals surface area contributed by atoms with Gasteiger partial charge >= 0.3 is 0 Å². The standard InChI is InChI=1S/C22H24N4O4S2/c1-12-7-13(2)10-24(9-12)19-15(20(29)25-6-4-5-14(3)18(25)23-19)8-16-21(30)26(11-17(27)28)22(31)32-16/h4-6,8,12-13H,7,9-11H2,1-3H3,(H,27,28)/p-1. The van der Waals surface area contributed by atoms with Gasteiger partial charge in [0.15, 0.2) is 0 Å². The Bertz CT molecular complexity index is 1210. The third-order valence-electron chi connectivity index (χ3n) is 5.67. The molecule has 2 aliphatic heterocycles. The van der Waals surface area contributed by atoms with Crippen LogP contribution in [-0.4, -0.2) is 50.1 Å². The molecule has 0 aromatic carbocycles. The summed E-state index contributed by atoms with van der Waals surface area (Å²) < 4.78 is 1.60. The van der Waals surface area contributed by atoms with Crippen LogP contribution in [-0.2, 0) is 9.59 Å². The van der Waals surface area contributed by atoms with Gasteiger partial charge in [0, 0.05) is 19.3 Å². The van der Waals surface area contributed by atoms with Gasteiger partial charge in [-0.1, -0.05) is 43.9 Å². The third kappa shape index (κ3) is 4.16. The highest BCUT2D eigenvalue weighted by molar-refractivity contribution is 8.26. The molecule has 0 N–H and O–H groups in total. The number of carbonyl (C=O) groups excluding carboxylic acids is 2. The van der Waals surface area contributed by atoms with Gasteiger partial charge in [-0.3, -0.25) is 18.9 Å². The van der Waals surface area contributed by atoms with Crippen molar-refractivity contribution in [3.05, 3.63) is 44.7 Å². The molecule has 4 heterocycles. The monoisotopic (exact) mass is 471 g/mol. The zero-order chi connectivity index (χ0) is 23.2. The van der Waals surface area contributed by atoms with Crippen molar-refractivity contribution in [2.24, 2.45) is 11.8 Å². The number of hydrogen-bond acceptors (Lipinski definition) is 8. The summed E-state index contributed by atoms with van der Waals surface area (Å²) in [6.07, 6.45) is 4.25. The molecule has 0 spiro atoms. The highest BCUT2D eigenvalue weighted by Gasteiger charge is 2.33. The molecule has 32 heavy (non-hydrogen) atoms. The molecule has 2 saturated heterocycles. The number of pyridine rings is 1. The van der Waals surface area contributed by atoms with E-state index in [1.807, 2.05) is 13.0 Å². The summed E-state index contributed by atoms with van der Waals surface area (Å²) in [5.41, 5.74) is 1.45. The van der Waals surface area contributed by atoms with Gasteiger partial charge < -0.3 is 14.8 Å². The van der Waals surface area contributed by atoms with Gasteiger partial charge in [0.05, 0.1) is 23.0 Å². The van der Waals surface area contributed by atoms with Crippen molar-refractivity contribution in [3.63, 3.8) is 0 Å². The fourth-order valence-corrected chi connectivity index (χ4v) is 5.64. The number of hydrogen-bond donors (Lipinski definition) is 0. The van der Waals surface area contributed by atoms with Crippen LogP contribution in [0.25, 0.3) is 11.7 Å². The highest BCUT2D eigenvalue weighted by atomic mass is 32.2. The summed E-state index contributed by atoms with van der Waals surface area (Å²) >= 11 is 6.15. The number of amides is 1. The second-order valence-corrected chi connectivity index (χ2v) is 10.2. The van der Waals surface area contributed by atoms with Crippen molar-refractivity contribution in [3.8, 4) is 0 Å². The Morgan fingerprint density at radius 3 is 2.66 bits per heavy atom. The maximum atomic E-state index is 13.5. The number of thioether (sulfide) groups is 1. The molecule has 2 aromatic heterocycles. The average molecular weight is 472 g/mol. The molecule has 2 aliphatic rings. The van der Waals surface area contributed by atoms with Crippen LogP contribution in [0.4, 0.5) is 5.82 Å². The maximum absolute atomic E-state index is 13.5.